The van der Waals surface area contributed by atoms with Gasteiger partial charge in [-0.2, -0.15) is 0 Å². The van der Waals surface area contributed by atoms with Crippen LogP contribution >= 0.6 is 27.3 Å². The molecule has 0 aliphatic heterocycles. The van der Waals surface area contributed by atoms with Crippen molar-refractivity contribution in [1.82, 2.24) is 0 Å². The topological polar surface area (TPSA) is 55.4 Å². The molecule has 1 amide bonds. The summed E-state index contributed by atoms with van der Waals surface area (Å²) in [6, 6.07) is 0. The zero-order valence-corrected chi connectivity index (χ0v) is 13.1. The molecule has 1 N–H and O–H groups in total. The number of rotatable bonds is 6. The number of alkyl halides is 1. The van der Waals surface area contributed by atoms with Crippen molar-refractivity contribution in [3.8, 4) is 0 Å². The largest absolute Gasteiger partial charge is 0.462 e. The molecule has 1 aromatic heterocycles. The maximum atomic E-state index is 12.0. The minimum atomic E-state index is -0.334. The third kappa shape index (κ3) is 3.57. The number of amides is 1. The van der Waals surface area contributed by atoms with Gasteiger partial charge in [0.1, 0.15) is 5.00 Å². The lowest BCUT2D eigenvalue weighted by Crippen LogP contribution is -2.15. The van der Waals surface area contributed by atoms with Crippen LogP contribution in [-0.4, -0.2) is 23.8 Å². The predicted octanol–water partition coefficient (Wildman–Crippen LogP) is 3.53. The summed E-state index contributed by atoms with van der Waals surface area (Å²) < 4.78 is 5.09. The van der Waals surface area contributed by atoms with Crippen LogP contribution in [-0.2, 0) is 9.53 Å². The smallest absolute Gasteiger partial charge is 0.341 e. The lowest BCUT2D eigenvalue weighted by Gasteiger charge is -2.07. The number of esters is 1. The van der Waals surface area contributed by atoms with Crippen molar-refractivity contribution in [2.45, 2.75) is 32.1 Å². The highest BCUT2D eigenvalue weighted by Gasteiger charge is 2.32. The maximum absolute atomic E-state index is 12.0. The highest BCUT2D eigenvalue weighted by molar-refractivity contribution is 9.09. The number of anilines is 1. The molecule has 1 heterocycles. The van der Waals surface area contributed by atoms with Crippen molar-refractivity contribution < 1.29 is 14.3 Å². The molecule has 104 valence electrons. The number of halogens is 1. The number of nitrogens with one attached hydrogen (secondary N) is 1. The van der Waals surface area contributed by atoms with Gasteiger partial charge in [-0.15, -0.1) is 11.3 Å². The normalized spacial score (nSPS) is 14.2. The Hall–Kier alpha value is -0.880. The Balaban J connectivity index is 2.22. The molecule has 1 fully saturated rings. The number of carbonyl (C=O) groups is 2. The van der Waals surface area contributed by atoms with E-state index >= 15 is 0 Å². The summed E-state index contributed by atoms with van der Waals surface area (Å²) in [7, 11) is 0. The average Bonchev–Trinajstić information content (AvgIpc) is 3.12. The Morgan fingerprint density at radius 2 is 2.26 bits per heavy atom. The Kier molecular flexibility index (Phi) is 4.99. The van der Waals surface area contributed by atoms with Crippen LogP contribution < -0.4 is 5.32 Å². The molecule has 0 radical (unpaired) electrons. The molecule has 6 heteroatoms. The van der Waals surface area contributed by atoms with Crippen LogP contribution in [0.5, 0.6) is 0 Å². The van der Waals surface area contributed by atoms with E-state index in [2.05, 4.69) is 21.2 Å². The first-order valence-electron chi connectivity index (χ1n) is 6.31. The van der Waals surface area contributed by atoms with Crippen LogP contribution in [0.4, 0.5) is 5.00 Å². The predicted molar refractivity (Wildman–Crippen MR) is 79.3 cm³/mol. The SMILES string of the molecule is CCOC(=O)c1c(C2CC2)csc1NC(=O)CCBr. The Bertz CT molecular complexity index is 482. The molecular weight excluding hydrogens is 330 g/mol. The first kappa shape index (κ1) is 14.5. The Morgan fingerprint density at radius 1 is 1.53 bits per heavy atom. The van der Waals surface area contributed by atoms with Crippen LogP contribution in [0.3, 0.4) is 0 Å². The Morgan fingerprint density at radius 3 is 2.84 bits per heavy atom. The second-order valence-corrected chi connectivity index (χ2v) is 6.05. The first-order valence-corrected chi connectivity index (χ1v) is 8.31. The van der Waals surface area contributed by atoms with Gasteiger partial charge in [0.05, 0.1) is 12.2 Å². The van der Waals surface area contributed by atoms with E-state index in [1.165, 1.54) is 11.3 Å². The number of hydrogen-bond donors (Lipinski definition) is 1. The molecule has 0 atom stereocenters. The standard InChI is InChI=1S/C13H16BrNO3S/c1-2-18-13(17)11-9(8-3-4-8)7-19-12(11)15-10(16)5-6-14/h7-8H,2-6H2,1H3,(H,15,16). The van der Waals surface area contributed by atoms with Crippen LogP contribution in [0.2, 0.25) is 0 Å². The van der Waals surface area contributed by atoms with E-state index in [0.717, 1.165) is 18.4 Å². The average molecular weight is 346 g/mol. The van der Waals surface area contributed by atoms with Gasteiger partial charge in [0.2, 0.25) is 5.91 Å². The number of carbonyl (C=O) groups excluding carboxylic acids is 2. The van der Waals surface area contributed by atoms with Crippen molar-refractivity contribution in [3.05, 3.63) is 16.5 Å². The van der Waals surface area contributed by atoms with E-state index in [9.17, 15) is 9.59 Å². The molecular formula is C13H16BrNO3S. The lowest BCUT2D eigenvalue weighted by molar-refractivity contribution is -0.115. The minimum Gasteiger partial charge on any atom is -0.462 e. The van der Waals surface area contributed by atoms with E-state index in [4.69, 9.17) is 4.74 Å². The lowest BCUT2D eigenvalue weighted by atomic mass is 10.1. The number of ether oxygens (including phenoxy) is 1. The molecule has 19 heavy (non-hydrogen) atoms. The van der Waals surface area contributed by atoms with Crippen molar-refractivity contribution in [3.63, 3.8) is 0 Å². The molecule has 0 bridgehead atoms. The minimum absolute atomic E-state index is 0.0911. The molecule has 0 saturated heterocycles. The monoisotopic (exact) mass is 345 g/mol. The van der Waals surface area contributed by atoms with Gasteiger partial charge in [-0.1, -0.05) is 15.9 Å². The van der Waals surface area contributed by atoms with Gasteiger partial charge in [0, 0.05) is 11.8 Å². The maximum Gasteiger partial charge on any atom is 0.341 e. The number of hydrogen-bond acceptors (Lipinski definition) is 4. The zero-order valence-electron chi connectivity index (χ0n) is 10.7. The first-order chi connectivity index (χ1) is 9.17. The van der Waals surface area contributed by atoms with Gasteiger partial charge in [-0.3, -0.25) is 4.79 Å². The molecule has 4 nitrogen and oxygen atoms in total. The van der Waals surface area contributed by atoms with E-state index in [1.54, 1.807) is 6.92 Å². The molecule has 0 spiro atoms. The highest BCUT2D eigenvalue weighted by atomic mass is 79.9. The van der Waals surface area contributed by atoms with Crippen molar-refractivity contribution >= 4 is 44.1 Å². The summed E-state index contributed by atoms with van der Waals surface area (Å²) in [5, 5.41) is 5.99. The van der Waals surface area contributed by atoms with Gasteiger partial charge in [-0.05, 0) is 36.6 Å². The molecule has 0 unspecified atom stereocenters. The quantitative estimate of drug-likeness (QED) is 0.633. The van der Waals surface area contributed by atoms with Crippen LogP contribution in [0.15, 0.2) is 5.38 Å². The van der Waals surface area contributed by atoms with E-state index in [-0.39, 0.29) is 11.9 Å². The second kappa shape index (κ2) is 6.52. The van der Waals surface area contributed by atoms with Gasteiger partial charge in [-0.25, -0.2) is 4.79 Å². The third-order valence-corrected chi connectivity index (χ3v) is 4.20. The van der Waals surface area contributed by atoms with Gasteiger partial charge in [0.15, 0.2) is 0 Å². The summed E-state index contributed by atoms with van der Waals surface area (Å²) in [4.78, 5) is 23.7. The molecule has 2 rings (SSSR count). The fourth-order valence-corrected chi connectivity index (χ4v) is 3.25. The summed E-state index contributed by atoms with van der Waals surface area (Å²) in [6.07, 6.45) is 2.61. The highest BCUT2D eigenvalue weighted by Crippen LogP contribution is 2.46. The fraction of sp³-hybridized carbons (Fsp3) is 0.538. The van der Waals surface area contributed by atoms with Gasteiger partial charge < -0.3 is 10.1 Å². The summed E-state index contributed by atoms with van der Waals surface area (Å²) in [5.74, 6) is 0.0314. The van der Waals surface area contributed by atoms with Gasteiger partial charge in [0.25, 0.3) is 0 Å². The van der Waals surface area contributed by atoms with Crippen LogP contribution in [0.1, 0.15) is 48.0 Å². The van der Waals surface area contributed by atoms with Crippen LogP contribution in [0, 0.1) is 0 Å². The molecule has 1 saturated carbocycles. The van der Waals surface area contributed by atoms with Crippen LogP contribution in [0.25, 0.3) is 0 Å². The summed E-state index contributed by atoms with van der Waals surface area (Å²) in [5.41, 5.74) is 1.58. The molecule has 1 aliphatic rings. The summed E-state index contributed by atoms with van der Waals surface area (Å²) in [6.45, 7) is 2.12. The van der Waals surface area contributed by atoms with Crippen molar-refractivity contribution in [1.29, 1.82) is 0 Å². The van der Waals surface area contributed by atoms with E-state index < -0.39 is 0 Å². The second-order valence-electron chi connectivity index (χ2n) is 4.38. The fourth-order valence-electron chi connectivity index (χ4n) is 1.85. The van der Waals surface area contributed by atoms with Crippen molar-refractivity contribution in [2.75, 3.05) is 17.3 Å². The molecule has 1 aromatic rings. The summed E-state index contributed by atoms with van der Waals surface area (Å²) >= 11 is 4.63. The Labute approximate surface area is 124 Å². The molecule has 1 aliphatic carbocycles. The third-order valence-electron chi connectivity index (χ3n) is 2.89. The van der Waals surface area contributed by atoms with Crippen molar-refractivity contribution in [2.24, 2.45) is 0 Å². The molecule has 0 aromatic carbocycles. The number of thiophene rings is 1. The van der Waals surface area contributed by atoms with E-state index in [1.807, 2.05) is 5.38 Å². The zero-order chi connectivity index (χ0) is 13.8. The van der Waals surface area contributed by atoms with Gasteiger partial charge >= 0.3 is 5.97 Å². The van der Waals surface area contributed by atoms with E-state index in [0.29, 0.717) is 34.8 Å².